The van der Waals surface area contributed by atoms with Crippen LogP contribution in [0.2, 0.25) is 5.02 Å². The molecule has 0 unspecified atom stereocenters. The number of ether oxygens (including phenoxy) is 1. The maximum Gasteiger partial charge on any atom is 0.336 e. The first kappa shape index (κ1) is 16.5. The van der Waals surface area contributed by atoms with E-state index >= 15 is 0 Å². The van der Waals surface area contributed by atoms with Crippen LogP contribution in [0.15, 0.2) is 54.6 Å². The first-order chi connectivity index (χ1) is 12.5. The fourth-order valence-electron chi connectivity index (χ4n) is 3.33. The van der Waals surface area contributed by atoms with Gasteiger partial charge in [0.1, 0.15) is 11.5 Å². The van der Waals surface area contributed by atoms with E-state index in [2.05, 4.69) is 0 Å². The maximum absolute atomic E-state index is 11.9. The van der Waals surface area contributed by atoms with Crippen LogP contribution in [0.4, 0.5) is 0 Å². The van der Waals surface area contributed by atoms with E-state index in [4.69, 9.17) is 16.3 Å². The van der Waals surface area contributed by atoms with Crippen LogP contribution in [0.3, 0.4) is 0 Å². The summed E-state index contributed by atoms with van der Waals surface area (Å²) in [4.78, 5) is 11.9. The topological polar surface area (TPSA) is 66.8 Å². The molecule has 0 amide bonds. The van der Waals surface area contributed by atoms with Crippen molar-refractivity contribution in [1.29, 1.82) is 0 Å². The van der Waals surface area contributed by atoms with Gasteiger partial charge in [-0.05, 0) is 58.7 Å². The molecule has 0 radical (unpaired) electrons. The molecule has 0 fully saturated rings. The number of carbonyl (C=O) groups is 1. The van der Waals surface area contributed by atoms with Gasteiger partial charge in [0.15, 0.2) is 0 Å². The Morgan fingerprint density at radius 1 is 1.04 bits per heavy atom. The Balaban J connectivity index is 2.01. The van der Waals surface area contributed by atoms with Crippen molar-refractivity contribution in [2.45, 2.75) is 6.42 Å². The van der Waals surface area contributed by atoms with Gasteiger partial charge in [-0.2, -0.15) is 0 Å². The number of carboxylic acid groups (broad SMARTS) is 1. The Hall–Kier alpha value is -2.98. The molecule has 4 nitrogen and oxygen atoms in total. The van der Waals surface area contributed by atoms with Gasteiger partial charge in [-0.15, -0.1) is 0 Å². The quantitative estimate of drug-likeness (QED) is 0.683. The minimum Gasteiger partial charge on any atom is -0.508 e. The van der Waals surface area contributed by atoms with Crippen molar-refractivity contribution < 1.29 is 19.7 Å². The van der Waals surface area contributed by atoms with Crippen LogP contribution in [-0.2, 0) is 6.42 Å². The molecule has 3 aromatic rings. The van der Waals surface area contributed by atoms with Gasteiger partial charge in [-0.3, -0.25) is 0 Å². The largest absolute Gasteiger partial charge is 0.508 e. The fraction of sp³-hybridized carbons (Fsp3) is 0.0952. The van der Waals surface area contributed by atoms with E-state index < -0.39 is 5.97 Å². The number of aromatic carboxylic acids is 1. The highest BCUT2D eigenvalue weighted by Gasteiger charge is 2.21. The average Bonchev–Trinajstić information content (AvgIpc) is 3.08. The van der Waals surface area contributed by atoms with E-state index in [1.165, 1.54) is 6.07 Å². The summed E-state index contributed by atoms with van der Waals surface area (Å²) in [5.41, 5.74) is 3.75. The minimum absolute atomic E-state index is 0.0406. The Labute approximate surface area is 155 Å². The predicted octanol–water partition coefficient (Wildman–Crippen LogP) is 5.01. The molecule has 1 aliphatic rings. The smallest absolute Gasteiger partial charge is 0.336 e. The summed E-state index contributed by atoms with van der Waals surface area (Å²) in [5.74, 6) is -0.379. The highest BCUT2D eigenvalue weighted by molar-refractivity contribution is 6.30. The number of benzene rings is 3. The number of hydrogen-bond acceptors (Lipinski definition) is 3. The zero-order valence-corrected chi connectivity index (χ0v) is 14.5. The van der Waals surface area contributed by atoms with Crippen molar-refractivity contribution in [2.75, 3.05) is 6.61 Å². The second-order valence-corrected chi connectivity index (χ2v) is 6.59. The number of fused-ring (bicyclic) bond motifs is 1. The van der Waals surface area contributed by atoms with E-state index in [1.807, 2.05) is 24.3 Å². The normalized spacial score (nSPS) is 12.5. The number of halogens is 1. The lowest BCUT2D eigenvalue weighted by Gasteiger charge is -2.15. The van der Waals surface area contributed by atoms with E-state index in [9.17, 15) is 15.0 Å². The summed E-state index contributed by atoms with van der Waals surface area (Å²) in [5, 5.41) is 20.3. The lowest BCUT2D eigenvalue weighted by Crippen LogP contribution is -2.02. The van der Waals surface area contributed by atoms with Gasteiger partial charge in [0, 0.05) is 17.0 Å². The Morgan fingerprint density at radius 3 is 2.65 bits per heavy atom. The fourth-order valence-corrected chi connectivity index (χ4v) is 3.52. The lowest BCUT2D eigenvalue weighted by atomic mass is 9.89. The standard InChI is InChI=1S/C21H15ClO4/c22-15-3-1-2-12(9-15)17-10-16(23)11-18(21(24)25)20(17)14-4-5-19-13(8-14)6-7-26-19/h1-5,8-11,23H,6-7H2,(H,24,25). The summed E-state index contributed by atoms with van der Waals surface area (Å²) in [6, 6.07) is 15.6. The van der Waals surface area contributed by atoms with Crippen LogP contribution in [0, 0.1) is 0 Å². The number of rotatable bonds is 3. The van der Waals surface area contributed by atoms with Crippen LogP contribution in [0.5, 0.6) is 11.5 Å². The lowest BCUT2D eigenvalue weighted by molar-refractivity contribution is 0.0697. The van der Waals surface area contributed by atoms with Crippen molar-refractivity contribution in [3.8, 4) is 33.8 Å². The van der Waals surface area contributed by atoms with Crippen molar-refractivity contribution in [1.82, 2.24) is 0 Å². The van der Waals surface area contributed by atoms with Crippen LogP contribution in [0.1, 0.15) is 15.9 Å². The van der Waals surface area contributed by atoms with Crippen LogP contribution in [0.25, 0.3) is 22.3 Å². The number of hydrogen-bond donors (Lipinski definition) is 2. The molecule has 4 rings (SSSR count). The van der Waals surface area contributed by atoms with Gasteiger partial charge >= 0.3 is 5.97 Å². The molecular formula is C21H15ClO4. The number of phenols is 1. The molecule has 130 valence electrons. The van der Waals surface area contributed by atoms with Crippen molar-refractivity contribution in [2.24, 2.45) is 0 Å². The molecule has 0 aliphatic carbocycles. The molecule has 1 aliphatic heterocycles. The van der Waals surface area contributed by atoms with E-state index in [0.29, 0.717) is 22.8 Å². The first-order valence-corrected chi connectivity index (χ1v) is 8.53. The van der Waals surface area contributed by atoms with Gasteiger partial charge in [0.2, 0.25) is 0 Å². The zero-order chi connectivity index (χ0) is 18.3. The summed E-state index contributed by atoms with van der Waals surface area (Å²) >= 11 is 6.12. The molecule has 3 aromatic carbocycles. The van der Waals surface area contributed by atoms with Gasteiger partial charge in [-0.25, -0.2) is 4.79 Å². The molecule has 0 spiro atoms. The second-order valence-electron chi connectivity index (χ2n) is 6.15. The number of phenolic OH excluding ortho intramolecular Hbond substituents is 1. The Morgan fingerprint density at radius 2 is 1.88 bits per heavy atom. The van der Waals surface area contributed by atoms with E-state index in [1.54, 1.807) is 24.3 Å². The summed E-state index contributed by atoms with van der Waals surface area (Å²) in [6.45, 7) is 0.626. The van der Waals surface area contributed by atoms with Gasteiger partial charge in [0.25, 0.3) is 0 Å². The van der Waals surface area contributed by atoms with Gasteiger partial charge in [0.05, 0.1) is 12.2 Å². The average molecular weight is 367 g/mol. The summed E-state index contributed by atoms with van der Waals surface area (Å²) in [6.07, 6.45) is 0.788. The highest BCUT2D eigenvalue weighted by Crippen LogP contribution is 2.40. The molecule has 5 heteroatoms. The third-order valence-corrected chi connectivity index (χ3v) is 4.70. The molecule has 0 bridgehead atoms. The molecule has 1 heterocycles. The van der Waals surface area contributed by atoms with Crippen molar-refractivity contribution in [3.63, 3.8) is 0 Å². The van der Waals surface area contributed by atoms with Crippen LogP contribution >= 0.6 is 11.6 Å². The monoisotopic (exact) mass is 366 g/mol. The van der Waals surface area contributed by atoms with Gasteiger partial charge in [-0.1, -0.05) is 29.8 Å². The summed E-state index contributed by atoms with van der Waals surface area (Å²) < 4.78 is 5.54. The molecule has 0 aromatic heterocycles. The van der Waals surface area contributed by atoms with Crippen LogP contribution < -0.4 is 4.74 Å². The molecule has 2 N–H and O–H groups in total. The molecule has 0 atom stereocenters. The zero-order valence-electron chi connectivity index (χ0n) is 13.7. The SMILES string of the molecule is O=C(O)c1cc(O)cc(-c2cccc(Cl)c2)c1-c1ccc2c(c1)CCO2. The first-order valence-electron chi connectivity index (χ1n) is 8.15. The van der Waals surface area contributed by atoms with Gasteiger partial charge < -0.3 is 14.9 Å². The second kappa shape index (κ2) is 6.39. The number of carboxylic acids is 1. The van der Waals surface area contributed by atoms with Crippen molar-refractivity contribution >= 4 is 17.6 Å². The third-order valence-electron chi connectivity index (χ3n) is 4.47. The highest BCUT2D eigenvalue weighted by atomic mass is 35.5. The maximum atomic E-state index is 11.9. The Kier molecular flexibility index (Phi) is 4.05. The van der Waals surface area contributed by atoms with Crippen LogP contribution in [-0.4, -0.2) is 22.8 Å². The summed E-state index contributed by atoms with van der Waals surface area (Å²) in [7, 11) is 0. The van der Waals surface area contributed by atoms with Crippen molar-refractivity contribution in [3.05, 3.63) is 70.7 Å². The van der Waals surface area contributed by atoms with E-state index in [-0.39, 0.29) is 11.3 Å². The van der Waals surface area contributed by atoms with E-state index in [0.717, 1.165) is 28.9 Å². The molecule has 0 saturated heterocycles. The molecular weight excluding hydrogens is 352 g/mol. The number of aromatic hydroxyl groups is 1. The molecule has 26 heavy (non-hydrogen) atoms. The molecule has 0 saturated carbocycles. The minimum atomic E-state index is -1.10. The Bertz CT molecular complexity index is 1030. The third kappa shape index (κ3) is 2.89. The predicted molar refractivity (Wildman–Crippen MR) is 100 cm³/mol.